The lowest BCUT2D eigenvalue weighted by atomic mass is 10.1. The van der Waals surface area contributed by atoms with E-state index in [0.29, 0.717) is 17.7 Å². The molecular formula is C12H16ClNO2. The summed E-state index contributed by atoms with van der Waals surface area (Å²) in [7, 11) is 0. The molecule has 1 aromatic rings. The number of hydrogen-bond donors (Lipinski definition) is 2. The zero-order valence-corrected chi connectivity index (χ0v) is 10.2. The van der Waals surface area contributed by atoms with Crippen molar-refractivity contribution in [2.45, 2.75) is 25.6 Å². The number of amides is 1. The van der Waals surface area contributed by atoms with Crippen molar-refractivity contribution in [1.82, 2.24) is 5.32 Å². The number of hydrogen-bond acceptors (Lipinski definition) is 2. The molecule has 1 atom stereocenters. The smallest absolute Gasteiger partial charge is 0.251 e. The first-order valence-corrected chi connectivity index (χ1v) is 5.70. The fraction of sp³-hybridized carbons (Fsp3) is 0.417. The van der Waals surface area contributed by atoms with Crippen LogP contribution >= 0.6 is 11.6 Å². The summed E-state index contributed by atoms with van der Waals surface area (Å²) in [5, 5.41) is 12.0. The molecule has 0 saturated carbocycles. The van der Waals surface area contributed by atoms with Crippen molar-refractivity contribution in [3.63, 3.8) is 0 Å². The molecule has 0 radical (unpaired) electrons. The molecule has 3 nitrogen and oxygen atoms in total. The lowest BCUT2D eigenvalue weighted by Crippen LogP contribution is -2.29. The van der Waals surface area contributed by atoms with Gasteiger partial charge in [-0.05, 0) is 37.1 Å². The molecule has 0 aliphatic heterocycles. The predicted octanol–water partition coefficient (Wildman–Crippen LogP) is 2.45. The fourth-order valence-corrected chi connectivity index (χ4v) is 1.32. The average molecular weight is 242 g/mol. The normalized spacial score (nSPS) is 12.2. The maximum absolute atomic E-state index is 11.7. The third-order valence-electron chi connectivity index (χ3n) is 2.39. The summed E-state index contributed by atoms with van der Waals surface area (Å²) in [6, 6.07) is 4.76. The molecule has 0 aromatic heterocycles. The number of carbonyl (C=O) groups excluding carboxylic acids is 1. The van der Waals surface area contributed by atoms with Crippen LogP contribution in [0.4, 0.5) is 0 Å². The van der Waals surface area contributed by atoms with E-state index in [4.69, 9.17) is 11.6 Å². The zero-order chi connectivity index (χ0) is 12.1. The van der Waals surface area contributed by atoms with Crippen molar-refractivity contribution in [3.8, 4) is 5.75 Å². The number of nitrogens with one attached hydrogen (secondary N) is 1. The van der Waals surface area contributed by atoms with Gasteiger partial charge >= 0.3 is 0 Å². The van der Waals surface area contributed by atoms with Crippen LogP contribution in [0.5, 0.6) is 5.75 Å². The van der Waals surface area contributed by atoms with Crippen LogP contribution < -0.4 is 5.32 Å². The second-order valence-electron chi connectivity index (χ2n) is 3.72. The van der Waals surface area contributed by atoms with Gasteiger partial charge in [0.1, 0.15) is 5.75 Å². The lowest BCUT2D eigenvalue weighted by molar-refractivity contribution is 0.0953. The molecule has 0 bridgehead atoms. The van der Waals surface area contributed by atoms with Gasteiger partial charge in [-0.3, -0.25) is 4.79 Å². The van der Waals surface area contributed by atoms with Crippen molar-refractivity contribution in [1.29, 1.82) is 0 Å². The first kappa shape index (κ1) is 12.8. The van der Waals surface area contributed by atoms with Gasteiger partial charge in [-0.25, -0.2) is 0 Å². The van der Waals surface area contributed by atoms with E-state index in [1.54, 1.807) is 19.1 Å². The van der Waals surface area contributed by atoms with Gasteiger partial charge in [0.15, 0.2) is 0 Å². The molecule has 1 unspecified atom stereocenters. The largest absolute Gasteiger partial charge is 0.508 e. The molecule has 0 aliphatic carbocycles. The standard InChI is InChI=1S/C12H16ClNO2/c1-3-10(13)7-14-12(16)9-4-5-11(15)8(2)6-9/h4-6,10,15H,3,7H2,1-2H3,(H,14,16). The molecular weight excluding hydrogens is 226 g/mol. The summed E-state index contributed by atoms with van der Waals surface area (Å²) in [5.74, 6) is 0.0301. The Balaban J connectivity index is 2.63. The van der Waals surface area contributed by atoms with E-state index >= 15 is 0 Å². The van der Waals surface area contributed by atoms with Gasteiger partial charge in [-0.1, -0.05) is 6.92 Å². The average Bonchev–Trinajstić information content (AvgIpc) is 2.29. The van der Waals surface area contributed by atoms with Crippen molar-refractivity contribution in [3.05, 3.63) is 29.3 Å². The third-order valence-corrected chi connectivity index (χ3v) is 2.85. The van der Waals surface area contributed by atoms with Gasteiger partial charge in [0, 0.05) is 12.1 Å². The molecule has 0 aliphatic rings. The van der Waals surface area contributed by atoms with Crippen molar-refractivity contribution < 1.29 is 9.90 Å². The van der Waals surface area contributed by atoms with E-state index < -0.39 is 0 Å². The molecule has 4 heteroatoms. The summed E-state index contributed by atoms with van der Waals surface area (Å²) < 4.78 is 0. The molecule has 0 heterocycles. The van der Waals surface area contributed by atoms with Crippen LogP contribution in [0, 0.1) is 6.92 Å². The Bertz CT molecular complexity index is 379. The highest BCUT2D eigenvalue weighted by Crippen LogP contribution is 2.16. The molecule has 2 N–H and O–H groups in total. The third kappa shape index (κ3) is 3.42. The maximum Gasteiger partial charge on any atom is 0.251 e. The van der Waals surface area contributed by atoms with E-state index in [2.05, 4.69) is 5.32 Å². The second-order valence-corrected chi connectivity index (χ2v) is 4.33. The van der Waals surface area contributed by atoms with Crippen LogP contribution in [-0.4, -0.2) is 22.9 Å². The van der Waals surface area contributed by atoms with Crippen LogP contribution in [0.2, 0.25) is 0 Å². The topological polar surface area (TPSA) is 49.3 Å². The quantitative estimate of drug-likeness (QED) is 0.796. The number of phenols is 1. The molecule has 0 spiro atoms. The molecule has 0 saturated heterocycles. The Labute approximate surface area is 100 Å². The first-order valence-electron chi connectivity index (χ1n) is 5.26. The predicted molar refractivity (Wildman–Crippen MR) is 65.1 cm³/mol. The van der Waals surface area contributed by atoms with Gasteiger partial charge < -0.3 is 10.4 Å². The van der Waals surface area contributed by atoms with Gasteiger partial charge in [-0.2, -0.15) is 0 Å². The van der Waals surface area contributed by atoms with Crippen molar-refractivity contribution in [2.24, 2.45) is 0 Å². The monoisotopic (exact) mass is 241 g/mol. The highest BCUT2D eigenvalue weighted by atomic mass is 35.5. The molecule has 1 aromatic carbocycles. The number of rotatable bonds is 4. The van der Waals surface area contributed by atoms with E-state index in [-0.39, 0.29) is 17.0 Å². The van der Waals surface area contributed by atoms with Crippen LogP contribution in [0.1, 0.15) is 29.3 Å². The summed E-state index contributed by atoms with van der Waals surface area (Å²) in [5.41, 5.74) is 1.22. The number of benzene rings is 1. The highest BCUT2D eigenvalue weighted by Gasteiger charge is 2.08. The van der Waals surface area contributed by atoms with E-state index in [1.807, 2.05) is 6.92 Å². The number of aryl methyl sites for hydroxylation is 1. The minimum absolute atomic E-state index is 0.0397. The molecule has 1 amide bonds. The van der Waals surface area contributed by atoms with Crippen LogP contribution in [-0.2, 0) is 0 Å². The number of carbonyl (C=O) groups is 1. The summed E-state index contributed by atoms with van der Waals surface area (Å²) in [6.07, 6.45) is 0.816. The minimum Gasteiger partial charge on any atom is -0.508 e. The van der Waals surface area contributed by atoms with Crippen LogP contribution in [0.15, 0.2) is 18.2 Å². The van der Waals surface area contributed by atoms with Gasteiger partial charge in [0.05, 0.1) is 5.38 Å². The SMILES string of the molecule is CCC(Cl)CNC(=O)c1ccc(O)c(C)c1. The Morgan fingerprint density at radius 3 is 2.81 bits per heavy atom. The van der Waals surface area contributed by atoms with Crippen LogP contribution in [0.3, 0.4) is 0 Å². The molecule has 16 heavy (non-hydrogen) atoms. The van der Waals surface area contributed by atoms with Gasteiger partial charge in [0.2, 0.25) is 0 Å². The maximum atomic E-state index is 11.7. The summed E-state index contributed by atoms with van der Waals surface area (Å²) in [6.45, 7) is 4.17. The Hall–Kier alpha value is -1.22. The molecule has 1 rings (SSSR count). The molecule has 0 fully saturated rings. The van der Waals surface area contributed by atoms with E-state index in [0.717, 1.165) is 6.42 Å². The summed E-state index contributed by atoms with van der Waals surface area (Å²) >= 11 is 5.90. The lowest BCUT2D eigenvalue weighted by Gasteiger charge is -2.09. The minimum atomic E-state index is -0.165. The number of aromatic hydroxyl groups is 1. The number of halogens is 1. The number of phenolic OH excluding ortho intramolecular Hbond substituents is 1. The van der Waals surface area contributed by atoms with E-state index in [9.17, 15) is 9.90 Å². The fourth-order valence-electron chi connectivity index (χ4n) is 1.25. The molecule has 88 valence electrons. The van der Waals surface area contributed by atoms with Crippen LogP contribution in [0.25, 0.3) is 0 Å². The summed E-state index contributed by atoms with van der Waals surface area (Å²) in [4.78, 5) is 11.7. The second kappa shape index (κ2) is 5.75. The Kier molecular flexibility index (Phi) is 4.62. The van der Waals surface area contributed by atoms with Crippen molar-refractivity contribution >= 4 is 17.5 Å². The first-order chi connectivity index (χ1) is 7.54. The Morgan fingerprint density at radius 2 is 2.25 bits per heavy atom. The van der Waals surface area contributed by atoms with Gasteiger partial charge in [0.25, 0.3) is 5.91 Å². The van der Waals surface area contributed by atoms with Crippen molar-refractivity contribution in [2.75, 3.05) is 6.54 Å². The number of alkyl halides is 1. The van der Waals surface area contributed by atoms with Gasteiger partial charge in [-0.15, -0.1) is 11.6 Å². The Morgan fingerprint density at radius 1 is 1.56 bits per heavy atom. The van der Waals surface area contributed by atoms with E-state index in [1.165, 1.54) is 6.07 Å². The highest BCUT2D eigenvalue weighted by molar-refractivity contribution is 6.20. The zero-order valence-electron chi connectivity index (χ0n) is 9.46.